The maximum absolute atomic E-state index is 12.5. The predicted octanol–water partition coefficient (Wildman–Crippen LogP) is 2.84. The first kappa shape index (κ1) is 21.3. The zero-order chi connectivity index (χ0) is 21.6. The third-order valence-corrected chi connectivity index (χ3v) is 5.63. The van der Waals surface area contributed by atoms with Gasteiger partial charge >= 0.3 is 0 Å². The van der Waals surface area contributed by atoms with Crippen molar-refractivity contribution < 1.29 is 9.53 Å². The lowest BCUT2D eigenvalue weighted by molar-refractivity contribution is -0.117. The van der Waals surface area contributed by atoms with E-state index in [1.54, 1.807) is 17.9 Å². The molecule has 1 aliphatic rings. The fourth-order valence-corrected chi connectivity index (χ4v) is 4.14. The summed E-state index contributed by atoms with van der Waals surface area (Å²) in [5.41, 5.74) is 1.08. The molecule has 1 atom stereocenters. The van der Waals surface area contributed by atoms with Crippen molar-refractivity contribution in [3.8, 4) is 0 Å². The molecule has 0 saturated carbocycles. The largest absolute Gasteiger partial charge is 0.383 e. The molecular formula is C23H30N6O2. The van der Waals surface area contributed by atoms with Gasteiger partial charge in [-0.1, -0.05) is 24.3 Å². The molecule has 4 rings (SSSR count). The van der Waals surface area contributed by atoms with Gasteiger partial charge < -0.3 is 15.4 Å². The summed E-state index contributed by atoms with van der Waals surface area (Å²) in [4.78, 5) is 19.7. The molecule has 3 aromatic rings. The van der Waals surface area contributed by atoms with Crippen molar-refractivity contribution in [1.82, 2.24) is 19.7 Å². The highest BCUT2D eigenvalue weighted by Crippen LogP contribution is 2.30. The van der Waals surface area contributed by atoms with Crippen LogP contribution < -0.4 is 10.6 Å². The molecule has 0 radical (unpaired) electrons. The molecule has 3 heterocycles. The minimum Gasteiger partial charge on any atom is -0.383 e. The lowest BCUT2D eigenvalue weighted by Crippen LogP contribution is -2.40. The molecule has 0 spiro atoms. The van der Waals surface area contributed by atoms with Crippen LogP contribution in [0.2, 0.25) is 0 Å². The van der Waals surface area contributed by atoms with E-state index in [-0.39, 0.29) is 5.91 Å². The summed E-state index contributed by atoms with van der Waals surface area (Å²) < 4.78 is 6.85. The van der Waals surface area contributed by atoms with E-state index < -0.39 is 0 Å². The third kappa shape index (κ3) is 5.39. The number of hydrogen-bond acceptors (Lipinski definition) is 6. The number of amides is 1. The van der Waals surface area contributed by atoms with E-state index in [9.17, 15) is 4.79 Å². The standard InChI is InChI=1S/C23H30N6O2/c1-28-12-9-21(27-28)26-22(30)16-29-11-5-7-18(15-29)20-14-17-6-3-4-8-19(17)23(25-20)24-10-13-31-2/h3-4,6,8-9,12,14,18H,5,7,10-11,13,15-16H2,1-2H3,(H,24,25)(H,26,27,30)/t18-/m1/s1. The van der Waals surface area contributed by atoms with Gasteiger partial charge in [-0.2, -0.15) is 5.10 Å². The Morgan fingerprint density at radius 2 is 2.16 bits per heavy atom. The number of nitrogens with one attached hydrogen (secondary N) is 2. The Bertz CT molecular complexity index is 1030. The Morgan fingerprint density at radius 3 is 2.97 bits per heavy atom. The molecule has 1 fully saturated rings. The molecule has 31 heavy (non-hydrogen) atoms. The summed E-state index contributed by atoms with van der Waals surface area (Å²) >= 11 is 0. The quantitative estimate of drug-likeness (QED) is 0.543. The van der Waals surface area contributed by atoms with Crippen molar-refractivity contribution in [2.45, 2.75) is 18.8 Å². The fraction of sp³-hybridized carbons (Fsp3) is 0.435. The van der Waals surface area contributed by atoms with Gasteiger partial charge in [0.05, 0.1) is 13.2 Å². The molecule has 0 aliphatic carbocycles. The Morgan fingerprint density at radius 1 is 1.29 bits per heavy atom. The Balaban J connectivity index is 1.46. The molecule has 164 valence electrons. The van der Waals surface area contributed by atoms with Gasteiger partial charge in [-0.05, 0) is 30.8 Å². The lowest BCUT2D eigenvalue weighted by Gasteiger charge is -2.32. The Kier molecular flexibility index (Phi) is 6.79. The van der Waals surface area contributed by atoms with E-state index in [0.717, 1.165) is 42.8 Å². The number of hydrogen-bond donors (Lipinski definition) is 2. The first-order chi connectivity index (χ1) is 15.1. The number of rotatable bonds is 8. The van der Waals surface area contributed by atoms with Gasteiger partial charge in [0.1, 0.15) is 5.82 Å². The van der Waals surface area contributed by atoms with Crippen molar-refractivity contribution in [2.75, 3.05) is 50.5 Å². The first-order valence-corrected chi connectivity index (χ1v) is 10.8. The number of aromatic nitrogens is 3. The molecule has 2 N–H and O–H groups in total. The Hall–Kier alpha value is -2.97. The van der Waals surface area contributed by atoms with Gasteiger partial charge in [0.15, 0.2) is 5.82 Å². The van der Waals surface area contributed by atoms with Gasteiger partial charge in [0, 0.05) is 56.5 Å². The van der Waals surface area contributed by atoms with E-state index in [1.165, 1.54) is 5.39 Å². The fourth-order valence-electron chi connectivity index (χ4n) is 4.14. The number of aryl methyl sites for hydroxylation is 1. The number of likely N-dealkylation sites (tertiary alicyclic amines) is 1. The molecule has 8 heteroatoms. The Labute approximate surface area is 182 Å². The molecule has 0 unspecified atom stereocenters. The van der Waals surface area contributed by atoms with Gasteiger partial charge in [-0.25, -0.2) is 4.98 Å². The number of pyridine rings is 1. The first-order valence-electron chi connectivity index (χ1n) is 10.8. The average Bonchev–Trinajstić information content (AvgIpc) is 3.18. The normalized spacial score (nSPS) is 17.0. The van der Waals surface area contributed by atoms with Crippen LogP contribution >= 0.6 is 0 Å². The second kappa shape index (κ2) is 9.89. The number of anilines is 2. The minimum absolute atomic E-state index is 0.0345. The van der Waals surface area contributed by atoms with Crippen molar-refractivity contribution in [1.29, 1.82) is 0 Å². The maximum atomic E-state index is 12.5. The van der Waals surface area contributed by atoms with Crippen LogP contribution in [0.3, 0.4) is 0 Å². The van der Waals surface area contributed by atoms with Crippen LogP contribution in [0.4, 0.5) is 11.6 Å². The van der Waals surface area contributed by atoms with Crippen LogP contribution in [-0.4, -0.2) is 65.5 Å². The maximum Gasteiger partial charge on any atom is 0.239 e. The molecule has 1 aliphatic heterocycles. The van der Waals surface area contributed by atoms with E-state index >= 15 is 0 Å². The number of nitrogens with zero attached hydrogens (tertiary/aromatic N) is 4. The van der Waals surface area contributed by atoms with Crippen molar-refractivity contribution in [2.24, 2.45) is 7.05 Å². The molecule has 8 nitrogen and oxygen atoms in total. The van der Waals surface area contributed by atoms with Gasteiger partial charge in [-0.3, -0.25) is 14.4 Å². The number of methoxy groups -OCH3 is 1. The summed E-state index contributed by atoms with van der Waals surface area (Å²) in [6.07, 6.45) is 3.93. The number of carbonyl (C=O) groups is 1. The smallest absolute Gasteiger partial charge is 0.239 e. The van der Waals surface area contributed by atoms with Crippen LogP contribution in [-0.2, 0) is 16.6 Å². The second-order valence-electron chi connectivity index (χ2n) is 8.03. The summed E-state index contributed by atoms with van der Waals surface area (Å²) in [7, 11) is 3.53. The van der Waals surface area contributed by atoms with E-state index in [0.29, 0.717) is 31.4 Å². The van der Waals surface area contributed by atoms with E-state index in [2.05, 4.69) is 44.9 Å². The number of piperidine rings is 1. The molecule has 1 saturated heterocycles. The van der Waals surface area contributed by atoms with Crippen molar-refractivity contribution in [3.05, 3.63) is 48.3 Å². The van der Waals surface area contributed by atoms with Crippen molar-refractivity contribution in [3.63, 3.8) is 0 Å². The van der Waals surface area contributed by atoms with Gasteiger partial charge in [-0.15, -0.1) is 0 Å². The summed E-state index contributed by atoms with van der Waals surface area (Å²) in [6, 6.07) is 12.3. The highest BCUT2D eigenvalue weighted by Gasteiger charge is 2.25. The molecule has 1 amide bonds. The second-order valence-corrected chi connectivity index (χ2v) is 8.03. The molecule has 1 aromatic carbocycles. The predicted molar refractivity (Wildman–Crippen MR) is 122 cm³/mol. The number of carbonyl (C=O) groups excluding carboxylic acids is 1. The highest BCUT2D eigenvalue weighted by atomic mass is 16.5. The van der Waals surface area contributed by atoms with Crippen LogP contribution in [0.25, 0.3) is 10.8 Å². The van der Waals surface area contributed by atoms with Crippen LogP contribution in [0, 0.1) is 0 Å². The van der Waals surface area contributed by atoms with E-state index in [4.69, 9.17) is 9.72 Å². The van der Waals surface area contributed by atoms with Crippen LogP contribution in [0.15, 0.2) is 42.6 Å². The highest BCUT2D eigenvalue weighted by molar-refractivity contribution is 5.92. The molecular weight excluding hydrogens is 392 g/mol. The van der Waals surface area contributed by atoms with Crippen LogP contribution in [0.1, 0.15) is 24.5 Å². The summed E-state index contributed by atoms with van der Waals surface area (Å²) in [6.45, 7) is 3.43. The third-order valence-electron chi connectivity index (χ3n) is 5.63. The topological polar surface area (TPSA) is 84.3 Å². The number of ether oxygens (including phenoxy) is 1. The monoisotopic (exact) mass is 422 g/mol. The zero-order valence-electron chi connectivity index (χ0n) is 18.2. The lowest BCUT2D eigenvalue weighted by atomic mass is 9.93. The number of fused-ring (bicyclic) bond motifs is 1. The van der Waals surface area contributed by atoms with E-state index in [1.807, 2.05) is 19.3 Å². The average molecular weight is 423 g/mol. The van der Waals surface area contributed by atoms with Gasteiger partial charge in [0.2, 0.25) is 5.91 Å². The summed E-state index contributed by atoms with van der Waals surface area (Å²) in [5, 5.41) is 12.8. The van der Waals surface area contributed by atoms with Crippen molar-refractivity contribution >= 4 is 28.3 Å². The van der Waals surface area contributed by atoms with Crippen LogP contribution in [0.5, 0.6) is 0 Å². The summed E-state index contributed by atoms with van der Waals surface area (Å²) in [5.74, 6) is 1.75. The SMILES string of the molecule is COCCNc1nc([C@@H]2CCCN(CC(=O)Nc3ccn(C)n3)C2)cc2ccccc12. The minimum atomic E-state index is -0.0345. The molecule has 0 bridgehead atoms. The zero-order valence-corrected chi connectivity index (χ0v) is 18.2. The van der Waals surface area contributed by atoms with Gasteiger partial charge in [0.25, 0.3) is 0 Å². The number of benzene rings is 1. The molecule has 2 aromatic heterocycles.